The van der Waals surface area contributed by atoms with Gasteiger partial charge in [-0.25, -0.2) is 9.86 Å². The lowest BCUT2D eigenvalue weighted by Crippen LogP contribution is -2.65. The Morgan fingerprint density at radius 2 is 1.61 bits per heavy atom. The average Bonchev–Trinajstić information content (AvgIpc) is 3.42. The monoisotopic (exact) mass is 827 g/mol. The number of carbonyl (C=O) groups excluding carboxylic acids is 4. The highest BCUT2D eigenvalue weighted by Crippen LogP contribution is 2.74. The van der Waals surface area contributed by atoms with E-state index in [1.165, 1.54) is 35.6 Å². The number of hydrogen-bond donors (Lipinski definition) is 2. The first kappa shape index (κ1) is 45.3. The number of nitrogens with zero attached hydrogens (tertiary/aromatic N) is 1. The Balaban J connectivity index is 1.36. The second kappa shape index (κ2) is 19.1. The highest BCUT2D eigenvalue weighted by atomic mass is 33.1. The first-order valence-corrected chi connectivity index (χ1v) is 23.2. The molecule has 0 radical (unpaired) electrons. The van der Waals surface area contributed by atoms with Crippen LogP contribution in [0.1, 0.15) is 118 Å². The number of carbonyl (C=O) groups is 4. The van der Waals surface area contributed by atoms with E-state index in [2.05, 4.69) is 33.8 Å². The van der Waals surface area contributed by atoms with Gasteiger partial charge in [-0.2, -0.15) is 0 Å². The molecule has 10 atom stereocenters. The minimum Gasteiger partial charge on any atom is -0.462 e. The van der Waals surface area contributed by atoms with Crippen LogP contribution in [0.4, 0.5) is 0 Å². The summed E-state index contributed by atoms with van der Waals surface area (Å²) in [6, 6.07) is 9.63. The zero-order valence-electron chi connectivity index (χ0n) is 35.2. The number of aliphatic hydroxyl groups is 1. The molecule has 1 aromatic carbocycles. The van der Waals surface area contributed by atoms with Gasteiger partial charge in [0.2, 0.25) is 5.91 Å². The predicted molar refractivity (Wildman–Crippen MR) is 224 cm³/mol. The number of fused-ring (bicyclic) bond motifs is 5. The Morgan fingerprint density at radius 3 is 2.26 bits per heavy atom. The standard InChI is InChI=1S/C45H65NO9S2/c1-28(2)13-12-16-32(42(51)53-27-31-14-10-9-11-15-31)40-34-25-35(48)41-43(5)21-18-36(55-39(50)20-24-57-56-23-19-38(49)46(8)52)29(3)33(43)17-22-44(41,6)45(34,7)26-37(40)54-30(4)47/h9-11,13-15,29,33-37,41,48,52H,12,16-27H2,1-8H3/b40-32-/t29-,33-,34-,35+,36+,37-,41-,43-,44-,45-/m0/s1. The number of benzene rings is 1. The van der Waals surface area contributed by atoms with Gasteiger partial charge < -0.3 is 19.3 Å². The molecular weight excluding hydrogens is 763 g/mol. The number of aliphatic hydroxyl groups excluding tert-OH is 1. The Kier molecular flexibility index (Phi) is 15.1. The largest absolute Gasteiger partial charge is 0.462 e. The minimum absolute atomic E-state index is 0.0356. The number of allylic oxidation sites excluding steroid dienone is 2. The quantitative estimate of drug-likeness (QED) is 0.0256. The van der Waals surface area contributed by atoms with Gasteiger partial charge in [0, 0.05) is 37.5 Å². The number of hydroxylamine groups is 2. The number of hydrogen-bond acceptors (Lipinski definition) is 11. The summed E-state index contributed by atoms with van der Waals surface area (Å²) in [7, 11) is 4.34. The number of esters is 3. The second-order valence-electron chi connectivity index (χ2n) is 17.9. The van der Waals surface area contributed by atoms with Crippen molar-refractivity contribution in [3.05, 3.63) is 58.7 Å². The molecule has 316 valence electrons. The summed E-state index contributed by atoms with van der Waals surface area (Å²) in [5.41, 5.74) is 2.54. The summed E-state index contributed by atoms with van der Waals surface area (Å²) < 4.78 is 18.3. The van der Waals surface area contributed by atoms with E-state index >= 15 is 0 Å². The van der Waals surface area contributed by atoms with Gasteiger partial charge in [0.05, 0.1) is 12.5 Å². The highest BCUT2D eigenvalue weighted by molar-refractivity contribution is 8.76. The van der Waals surface area contributed by atoms with Gasteiger partial charge >= 0.3 is 17.9 Å². The Morgan fingerprint density at radius 1 is 0.930 bits per heavy atom. The van der Waals surface area contributed by atoms with Gasteiger partial charge in [0.1, 0.15) is 18.8 Å². The van der Waals surface area contributed by atoms with Crippen LogP contribution in [0.3, 0.4) is 0 Å². The van der Waals surface area contributed by atoms with Crippen molar-refractivity contribution < 1.29 is 43.7 Å². The van der Waals surface area contributed by atoms with Crippen LogP contribution in [0, 0.1) is 39.9 Å². The maximum Gasteiger partial charge on any atom is 0.334 e. The highest BCUT2D eigenvalue weighted by Gasteiger charge is 2.71. The molecule has 0 heterocycles. The second-order valence-corrected chi connectivity index (χ2v) is 20.6. The molecule has 0 spiro atoms. The molecule has 0 aliphatic heterocycles. The molecule has 5 rings (SSSR count). The van der Waals surface area contributed by atoms with E-state index in [0.717, 1.165) is 42.4 Å². The van der Waals surface area contributed by atoms with Gasteiger partial charge in [-0.3, -0.25) is 19.6 Å². The fourth-order valence-electron chi connectivity index (χ4n) is 11.5. The molecular formula is C45H65NO9S2. The number of rotatable bonds is 15. The first-order valence-electron chi connectivity index (χ1n) is 20.7. The van der Waals surface area contributed by atoms with Crippen molar-refractivity contribution in [2.45, 2.75) is 138 Å². The molecule has 4 fully saturated rings. The maximum atomic E-state index is 14.2. The third-order valence-corrected chi connectivity index (χ3v) is 16.7. The first-order chi connectivity index (χ1) is 26.9. The normalized spacial score (nSPS) is 33.8. The molecule has 0 bridgehead atoms. The third kappa shape index (κ3) is 9.82. The fourth-order valence-corrected chi connectivity index (χ4v) is 13.5. The predicted octanol–water partition coefficient (Wildman–Crippen LogP) is 8.89. The van der Waals surface area contributed by atoms with Gasteiger partial charge in [0.25, 0.3) is 0 Å². The van der Waals surface area contributed by atoms with Crippen molar-refractivity contribution in [3.8, 4) is 0 Å². The third-order valence-electron chi connectivity index (χ3n) is 14.3. The van der Waals surface area contributed by atoms with Crippen molar-refractivity contribution in [1.82, 2.24) is 5.06 Å². The molecule has 0 saturated heterocycles. The lowest BCUT2D eigenvalue weighted by Gasteiger charge is -2.69. The van der Waals surface area contributed by atoms with E-state index in [1.54, 1.807) is 0 Å². The molecule has 0 aromatic heterocycles. The van der Waals surface area contributed by atoms with Crippen molar-refractivity contribution in [3.63, 3.8) is 0 Å². The van der Waals surface area contributed by atoms with Gasteiger partial charge in [-0.05, 0) is 116 Å². The molecule has 4 aliphatic carbocycles. The molecule has 4 aliphatic rings. The SMILES string of the molecule is CC(=O)O[C@H]1C[C@@]2(C)[C@@H](C[C@@H](O)[C@H]3[C@@]4(C)CC[C@@H](OC(=O)CCSSCCC(=O)N(C)O)[C@@H](C)[C@@H]4CC[C@@]32C)/C1=C(\CCC=C(C)C)C(=O)OCc1ccccc1. The van der Waals surface area contributed by atoms with Gasteiger partial charge in [-0.15, -0.1) is 0 Å². The van der Waals surface area contributed by atoms with Crippen molar-refractivity contribution in [1.29, 1.82) is 0 Å². The van der Waals surface area contributed by atoms with Crippen molar-refractivity contribution in [2.24, 2.45) is 39.9 Å². The summed E-state index contributed by atoms with van der Waals surface area (Å²) >= 11 is 0. The zero-order chi connectivity index (χ0) is 41.7. The topological polar surface area (TPSA) is 140 Å². The molecule has 0 unspecified atom stereocenters. The summed E-state index contributed by atoms with van der Waals surface area (Å²) in [5.74, 6) is -0.0534. The lowest BCUT2D eigenvalue weighted by molar-refractivity contribution is -0.236. The molecule has 1 aromatic rings. The van der Waals surface area contributed by atoms with E-state index in [0.29, 0.717) is 47.8 Å². The van der Waals surface area contributed by atoms with E-state index in [9.17, 15) is 29.5 Å². The van der Waals surface area contributed by atoms with E-state index < -0.39 is 18.2 Å². The van der Waals surface area contributed by atoms with Gasteiger partial charge in [0.15, 0.2) is 0 Å². The van der Waals surface area contributed by atoms with Crippen LogP contribution in [0.15, 0.2) is 53.1 Å². The Labute approximate surface area is 347 Å². The summed E-state index contributed by atoms with van der Waals surface area (Å²) in [5, 5.41) is 22.3. The summed E-state index contributed by atoms with van der Waals surface area (Å²) in [6.45, 7) is 14.8. The van der Waals surface area contributed by atoms with Crippen LogP contribution in [0.2, 0.25) is 0 Å². The number of amides is 1. The molecule has 2 N–H and O–H groups in total. The van der Waals surface area contributed by atoms with Crippen LogP contribution in [-0.2, 0) is 40.0 Å². The smallest absolute Gasteiger partial charge is 0.334 e. The van der Waals surface area contributed by atoms with Crippen LogP contribution in [-0.4, -0.2) is 76.1 Å². The fraction of sp³-hybridized carbons (Fsp3) is 0.689. The van der Waals surface area contributed by atoms with E-state index in [1.807, 2.05) is 44.2 Å². The van der Waals surface area contributed by atoms with E-state index in [-0.39, 0.29) is 83.3 Å². The van der Waals surface area contributed by atoms with Crippen LogP contribution in [0.5, 0.6) is 0 Å². The summed E-state index contributed by atoms with van der Waals surface area (Å²) in [6.07, 6.45) is 6.68. The van der Waals surface area contributed by atoms with E-state index in [4.69, 9.17) is 14.2 Å². The van der Waals surface area contributed by atoms with Crippen LogP contribution in [0.25, 0.3) is 0 Å². The summed E-state index contributed by atoms with van der Waals surface area (Å²) in [4.78, 5) is 51.5. The molecule has 57 heavy (non-hydrogen) atoms. The molecule has 12 heteroatoms. The minimum atomic E-state index is -0.639. The van der Waals surface area contributed by atoms with Crippen molar-refractivity contribution >= 4 is 45.4 Å². The number of ether oxygens (including phenoxy) is 3. The average molecular weight is 828 g/mol. The maximum absolute atomic E-state index is 14.2. The molecule has 4 saturated carbocycles. The van der Waals surface area contributed by atoms with Gasteiger partial charge in [-0.1, -0.05) is 91.3 Å². The molecule has 10 nitrogen and oxygen atoms in total. The van der Waals surface area contributed by atoms with Crippen LogP contribution < -0.4 is 0 Å². The van der Waals surface area contributed by atoms with Crippen molar-refractivity contribution in [2.75, 3.05) is 18.6 Å². The Bertz CT molecular complexity index is 1680. The van der Waals surface area contributed by atoms with Crippen LogP contribution >= 0.6 is 21.6 Å². The zero-order valence-corrected chi connectivity index (χ0v) is 36.8. The lowest BCUT2D eigenvalue weighted by atomic mass is 9.36. The molecule has 1 amide bonds. The Hall–Kier alpha value is -2.80.